The molecule has 2 aromatic rings. The first kappa shape index (κ1) is 19.8. The third kappa shape index (κ3) is 5.80. The quantitative estimate of drug-likeness (QED) is 0.686. The largest absolute Gasteiger partial charge is 0.451 e. The van der Waals surface area contributed by atoms with Gasteiger partial charge in [0, 0.05) is 10.6 Å². The molecule has 0 saturated heterocycles. The maximum Gasteiger partial charge on any atom is 0.387 e. The Bertz CT molecular complexity index is 759. The number of alkyl halides is 2. The number of amides is 1. The Kier molecular flexibility index (Phi) is 7.08. The number of ether oxygens (including phenoxy) is 2. The molecule has 0 aliphatic heterocycles. The number of esters is 1. The highest BCUT2D eigenvalue weighted by Crippen LogP contribution is 2.23. The normalized spacial score (nSPS) is 10.7. The van der Waals surface area contributed by atoms with E-state index in [1.165, 1.54) is 35.6 Å². The van der Waals surface area contributed by atoms with Crippen LogP contribution in [0, 0.1) is 6.92 Å². The molecule has 1 aromatic heterocycles. The summed E-state index contributed by atoms with van der Waals surface area (Å²) >= 11 is 1.34. The van der Waals surface area contributed by atoms with Gasteiger partial charge in [0.05, 0.1) is 0 Å². The van der Waals surface area contributed by atoms with E-state index in [1.807, 2.05) is 6.92 Å². The Morgan fingerprint density at radius 1 is 1.23 bits per heavy atom. The Morgan fingerprint density at radius 3 is 2.54 bits per heavy atom. The molecule has 1 N–H and O–H groups in total. The van der Waals surface area contributed by atoms with Crippen molar-refractivity contribution in [3.63, 3.8) is 0 Å². The minimum Gasteiger partial charge on any atom is -0.451 e. The minimum atomic E-state index is -2.91. The van der Waals surface area contributed by atoms with Crippen LogP contribution in [0.25, 0.3) is 0 Å². The van der Waals surface area contributed by atoms with E-state index in [9.17, 15) is 18.4 Å². The highest BCUT2D eigenvalue weighted by atomic mass is 32.1. The number of aryl methyl sites for hydroxylation is 2. The molecular weight excluding hydrogens is 364 g/mol. The number of hydrogen-bond acceptors (Lipinski definition) is 5. The van der Waals surface area contributed by atoms with Crippen molar-refractivity contribution in [3.8, 4) is 5.75 Å². The lowest BCUT2D eigenvalue weighted by Crippen LogP contribution is -2.20. The van der Waals surface area contributed by atoms with Crippen molar-refractivity contribution in [3.05, 3.63) is 45.6 Å². The van der Waals surface area contributed by atoms with Crippen LogP contribution >= 0.6 is 11.3 Å². The maximum atomic E-state index is 12.1. The number of thiophene rings is 1. The zero-order valence-corrected chi connectivity index (χ0v) is 15.2. The second-order valence-electron chi connectivity index (χ2n) is 5.47. The Labute approximate surface area is 153 Å². The highest BCUT2D eigenvalue weighted by molar-refractivity contribution is 7.14. The monoisotopic (exact) mass is 383 g/mol. The third-order valence-corrected chi connectivity index (χ3v) is 4.51. The predicted molar refractivity (Wildman–Crippen MR) is 95.0 cm³/mol. The van der Waals surface area contributed by atoms with Crippen molar-refractivity contribution in [1.82, 2.24) is 0 Å². The zero-order valence-electron chi connectivity index (χ0n) is 14.4. The van der Waals surface area contributed by atoms with Crippen molar-refractivity contribution in [2.24, 2.45) is 0 Å². The first-order valence-electron chi connectivity index (χ1n) is 8.00. The van der Waals surface area contributed by atoms with Gasteiger partial charge in [-0.25, -0.2) is 4.79 Å². The van der Waals surface area contributed by atoms with Gasteiger partial charge in [0.1, 0.15) is 10.6 Å². The van der Waals surface area contributed by atoms with E-state index in [0.29, 0.717) is 10.6 Å². The van der Waals surface area contributed by atoms with Crippen molar-refractivity contribution < 1.29 is 27.8 Å². The molecule has 2 rings (SSSR count). The van der Waals surface area contributed by atoms with Crippen LogP contribution in [-0.2, 0) is 16.0 Å². The van der Waals surface area contributed by atoms with Gasteiger partial charge in [0.25, 0.3) is 5.91 Å². The molecule has 1 amide bonds. The summed E-state index contributed by atoms with van der Waals surface area (Å²) in [5, 5.41) is 2.51. The van der Waals surface area contributed by atoms with Gasteiger partial charge >= 0.3 is 12.6 Å². The number of anilines is 1. The van der Waals surface area contributed by atoms with E-state index in [2.05, 4.69) is 17.0 Å². The van der Waals surface area contributed by atoms with Crippen molar-refractivity contribution in [2.45, 2.75) is 33.3 Å². The van der Waals surface area contributed by atoms with Crippen LogP contribution in [0.2, 0.25) is 0 Å². The number of carbonyl (C=O) groups excluding carboxylic acids is 2. The number of rotatable bonds is 8. The summed E-state index contributed by atoms with van der Waals surface area (Å²) in [5.74, 6) is -1.08. The Balaban J connectivity index is 1.84. The van der Waals surface area contributed by atoms with Crippen LogP contribution < -0.4 is 10.1 Å². The summed E-state index contributed by atoms with van der Waals surface area (Å²) in [7, 11) is 0. The van der Waals surface area contributed by atoms with Crippen molar-refractivity contribution >= 4 is 28.9 Å². The summed E-state index contributed by atoms with van der Waals surface area (Å²) < 4.78 is 33.4. The Hall–Kier alpha value is -2.48. The number of nitrogens with one attached hydrogen (secondary N) is 1. The SMILES string of the molecule is CCCc1cc(C(=O)OCC(=O)Nc2ccc(OC(F)F)cc2)sc1C. The average molecular weight is 383 g/mol. The highest BCUT2D eigenvalue weighted by Gasteiger charge is 2.15. The van der Waals surface area contributed by atoms with Crippen LogP contribution in [0.3, 0.4) is 0 Å². The number of halogens is 2. The molecule has 0 unspecified atom stereocenters. The molecule has 140 valence electrons. The summed E-state index contributed by atoms with van der Waals surface area (Å²) in [6, 6.07) is 7.23. The van der Waals surface area contributed by atoms with E-state index < -0.39 is 25.1 Å². The first-order chi connectivity index (χ1) is 12.4. The van der Waals surface area contributed by atoms with Crippen LogP contribution in [-0.4, -0.2) is 25.1 Å². The lowest BCUT2D eigenvalue weighted by molar-refractivity contribution is -0.119. The molecule has 0 saturated carbocycles. The predicted octanol–water partition coefficient (Wildman–Crippen LogP) is 4.41. The van der Waals surface area contributed by atoms with Gasteiger partial charge in [-0.3, -0.25) is 4.79 Å². The molecule has 0 bridgehead atoms. The molecule has 0 fully saturated rings. The lowest BCUT2D eigenvalue weighted by Gasteiger charge is -2.08. The lowest BCUT2D eigenvalue weighted by atomic mass is 10.1. The van der Waals surface area contributed by atoms with Gasteiger partial charge in [-0.1, -0.05) is 13.3 Å². The maximum absolute atomic E-state index is 12.1. The molecule has 1 heterocycles. The van der Waals surface area contributed by atoms with Crippen LogP contribution in [0.15, 0.2) is 30.3 Å². The molecule has 26 heavy (non-hydrogen) atoms. The fourth-order valence-electron chi connectivity index (χ4n) is 2.26. The van der Waals surface area contributed by atoms with Gasteiger partial charge < -0.3 is 14.8 Å². The first-order valence-corrected chi connectivity index (χ1v) is 8.81. The summed E-state index contributed by atoms with van der Waals surface area (Å²) in [4.78, 5) is 25.4. The summed E-state index contributed by atoms with van der Waals surface area (Å²) in [6.07, 6.45) is 1.87. The molecule has 1 aromatic carbocycles. The van der Waals surface area contributed by atoms with Gasteiger partial charge in [-0.2, -0.15) is 8.78 Å². The van der Waals surface area contributed by atoms with E-state index >= 15 is 0 Å². The molecular formula is C18H19F2NO4S. The van der Waals surface area contributed by atoms with E-state index in [-0.39, 0.29) is 5.75 Å². The molecule has 0 spiro atoms. The van der Waals surface area contributed by atoms with Gasteiger partial charge in [0.15, 0.2) is 6.61 Å². The van der Waals surface area contributed by atoms with Crippen LogP contribution in [0.5, 0.6) is 5.75 Å². The zero-order chi connectivity index (χ0) is 19.1. The van der Waals surface area contributed by atoms with Crippen molar-refractivity contribution in [1.29, 1.82) is 0 Å². The summed E-state index contributed by atoms with van der Waals surface area (Å²) in [6.45, 7) is 0.661. The number of benzene rings is 1. The Morgan fingerprint density at radius 2 is 1.92 bits per heavy atom. The molecule has 0 radical (unpaired) electrons. The third-order valence-electron chi connectivity index (χ3n) is 3.44. The molecule has 8 heteroatoms. The smallest absolute Gasteiger partial charge is 0.387 e. The molecule has 0 atom stereocenters. The second-order valence-corrected chi connectivity index (χ2v) is 6.73. The molecule has 0 aliphatic carbocycles. The average Bonchev–Trinajstić information content (AvgIpc) is 2.95. The topological polar surface area (TPSA) is 64.6 Å². The molecule has 5 nitrogen and oxygen atoms in total. The number of hydrogen-bond donors (Lipinski definition) is 1. The fourth-order valence-corrected chi connectivity index (χ4v) is 3.22. The van der Waals surface area contributed by atoms with Gasteiger partial charge in [-0.05, 0) is 49.2 Å². The van der Waals surface area contributed by atoms with Gasteiger partial charge in [0.2, 0.25) is 0 Å². The van der Waals surface area contributed by atoms with Crippen molar-refractivity contribution in [2.75, 3.05) is 11.9 Å². The van der Waals surface area contributed by atoms with Gasteiger partial charge in [-0.15, -0.1) is 11.3 Å². The summed E-state index contributed by atoms with van der Waals surface area (Å²) in [5.41, 5.74) is 1.49. The molecule has 0 aliphatic rings. The van der Waals surface area contributed by atoms with Crippen LogP contribution in [0.1, 0.15) is 33.5 Å². The van der Waals surface area contributed by atoms with E-state index in [0.717, 1.165) is 23.3 Å². The minimum absolute atomic E-state index is 0.0135. The second kappa shape index (κ2) is 9.28. The van der Waals surface area contributed by atoms with E-state index in [1.54, 1.807) is 6.07 Å². The standard InChI is InChI=1S/C18H19F2NO4S/c1-3-4-12-9-15(26-11(12)2)17(23)24-10-16(22)21-13-5-7-14(8-6-13)25-18(19)20/h5-9,18H,3-4,10H2,1-2H3,(H,21,22). The number of carbonyl (C=O) groups is 2. The fraction of sp³-hybridized carbons (Fsp3) is 0.333. The van der Waals surface area contributed by atoms with E-state index in [4.69, 9.17) is 4.74 Å². The van der Waals surface area contributed by atoms with Crippen LogP contribution in [0.4, 0.5) is 14.5 Å².